The van der Waals surface area contributed by atoms with E-state index in [1.165, 1.54) is 5.56 Å². The average Bonchev–Trinajstić information content (AvgIpc) is 4.00. The second kappa shape index (κ2) is 19.6. The maximum Gasteiger partial charge on any atom is 0.408 e. The number of aryl methyl sites for hydroxylation is 1. The van der Waals surface area contributed by atoms with Crippen LogP contribution in [0.5, 0.6) is 5.75 Å². The lowest BCUT2D eigenvalue weighted by atomic mass is 9.88. The van der Waals surface area contributed by atoms with Crippen molar-refractivity contribution >= 4 is 61.1 Å². The molecule has 1 atom stereocenters. The van der Waals surface area contributed by atoms with E-state index in [2.05, 4.69) is 76.5 Å². The fourth-order valence-electron chi connectivity index (χ4n) is 9.29. The van der Waals surface area contributed by atoms with Gasteiger partial charge >= 0.3 is 6.09 Å². The van der Waals surface area contributed by atoms with Crippen LogP contribution in [-0.4, -0.2) is 88.7 Å². The summed E-state index contributed by atoms with van der Waals surface area (Å²) in [7, 11) is 1.67. The molecule has 62 heavy (non-hydrogen) atoms. The monoisotopic (exact) mass is 926 g/mol. The van der Waals surface area contributed by atoms with Gasteiger partial charge in [0.15, 0.2) is 0 Å². The molecular formula is C48H59BrN6O6S. The molecule has 1 saturated carbocycles. The number of piperidine rings is 1. The van der Waals surface area contributed by atoms with E-state index in [-0.39, 0.29) is 23.6 Å². The Balaban J connectivity index is 1.03. The van der Waals surface area contributed by atoms with Gasteiger partial charge in [-0.05, 0) is 143 Å². The van der Waals surface area contributed by atoms with Crippen LogP contribution in [0.25, 0.3) is 38.2 Å². The van der Waals surface area contributed by atoms with E-state index in [1.54, 1.807) is 18.4 Å². The number of benzene rings is 3. The largest absolute Gasteiger partial charge is 0.491 e. The zero-order chi connectivity index (χ0) is 43.4. The van der Waals surface area contributed by atoms with Gasteiger partial charge in [-0.25, -0.2) is 9.78 Å². The molecule has 3 aromatic carbocycles. The first-order chi connectivity index (χ1) is 30.0. The molecule has 4 heterocycles. The van der Waals surface area contributed by atoms with Crippen molar-refractivity contribution in [1.82, 2.24) is 29.2 Å². The van der Waals surface area contributed by atoms with Gasteiger partial charge in [-0.15, -0.1) is 11.3 Å². The van der Waals surface area contributed by atoms with Crippen LogP contribution in [0.1, 0.15) is 107 Å². The Morgan fingerprint density at radius 2 is 1.73 bits per heavy atom. The number of thiazole rings is 1. The fourth-order valence-corrected chi connectivity index (χ4v) is 10.6. The van der Waals surface area contributed by atoms with Crippen molar-refractivity contribution in [2.24, 2.45) is 0 Å². The van der Waals surface area contributed by atoms with Crippen LogP contribution in [0, 0.1) is 6.92 Å². The Morgan fingerprint density at radius 3 is 2.44 bits per heavy atom. The fraction of sp³-hybridized carbons (Fsp3) is 0.500. The van der Waals surface area contributed by atoms with E-state index in [9.17, 15) is 9.59 Å². The number of likely N-dealkylation sites (tertiary alicyclic amines) is 1. The van der Waals surface area contributed by atoms with Crippen molar-refractivity contribution in [2.45, 2.75) is 103 Å². The molecule has 1 aliphatic carbocycles. The molecule has 1 N–H and O–H groups in total. The average molecular weight is 928 g/mol. The third kappa shape index (κ3) is 9.89. The highest BCUT2D eigenvalue weighted by Gasteiger charge is 2.30. The van der Waals surface area contributed by atoms with Gasteiger partial charge in [0.1, 0.15) is 18.0 Å². The van der Waals surface area contributed by atoms with Crippen molar-refractivity contribution in [3.05, 3.63) is 91.8 Å². The summed E-state index contributed by atoms with van der Waals surface area (Å²) in [6, 6.07) is 19.0. The van der Waals surface area contributed by atoms with Crippen molar-refractivity contribution in [3.63, 3.8) is 0 Å². The number of methoxy groups -OCH3 is 1. The Kier molecular flexibility index (Phi) is 14.0. The molecule has 1 aliphatic heterocycles. The van der Waals surface area contributed by atoms with E-state index in [0.29, 0.717) is 37.6 Å². The molecule has 0 radical (unpaired) electrons. The Morgan fingerprint density at radius 1 is 0.968 bits per heavy atom. The van der Waals surface area contributed by atoms with Gasteiger partial charge < -0.3 is 33.7 Å². The first-order valence-electron chi connectivity index (χ1n) is 22.1. The molecule has 3 aromatic heterocycles. The minimum atomic E-state index is -0.588. The second-order valence-electron chi connectivity index (χ2n) is 17.7. The van der Waals surface area contributed by atoms with Gasteiger partial charge in [-0.2, -0.15) is 4.98 Å². The predicted molar refractivity (Wildman–Crippen MR) is 250 cm³/mol. The second-order valence-corrected chi connectivity index (χ2v) is 19.4. The number of fused-ring (bicyclic) bond motifs is 5. The first-order valence-corrected chi connectivity index (χ1v) is 23.8. The third-order valence-corrected chi connectivity index (χ3v) is 13.9. The number of carbonyl (C=O) groups excluding carboxylic acids is 1. The number of amides is 1. The number of carbonyl (C=O) groups is 1. The molecule has 0 spiro atoms. The zero-order valence-electron chi connectivity index (χ0n) is 36.6. The summed E-state index contributed by atoms with van der Waals surface area (Å²) in [5, 5.41) is 3.75. The number of nitrogens with one attached hydrogen (secondary N) is 1. The lowest BCUT2D eigenvalue weighted by molar-refractivity contribution is 0.0499. The summed E-state index contributed by atoms with van der Waals surface area (Å²) in [4.78, 5) is 39.6. The summed E-state index contributed by atoms with van der Waals surface area (Å²) >= 11 is 5.28. The van der Waals surface area contributed by atoms with Crippen LogP contribution < -0.4 is 15.6 Å². The number of rotatable bonds is 16. The van der Waals surface area contributed by atoms with E-state index < -0.39 is 11.7 Å². The number of aromatic nitrogens is 4. The molecule has 0 bridgehead atoms. The van der Waals surface area contributed by atoms with Gasteiger partial charge in [0.25, 0.3) is 5.56 Å². The van der Waals surface area contributed by atoms with E-state index in [1.807, 2.05) is 51.4 Å². The maximum atomic E-state index is 13.6. The molecule has 1 amide bonds. The van der Waals surface area contributed by atoms with Crippen molar-refractivity contribution in [1.29, 1.82) is 0 Å². The van der Waals surface area contributed by atoms with Crippen molar-refractivity contribution in [2.75, 3.05) is 53.2 Å². The first kappa shape index (κ1) is 44.3. The standard InChI is InChI=1S/C48H59BrN6O6S/c1-31-44(62-30-50-31)34-17-15-33(16-18-34)38(51-47(57)61-48(2,3)4)13-9-21-53-22-19-32(20-23-53)36-28-40-41(29-42(36)60-27-26-59-25-24-58-5)55-39-14-8-12-37(49)43(39)45(56)52-46(55)54(40)35-10-6-7-11-35/h8,12,14-18,28-30,32,35,38H,6-7,9-11,13,19-27H2,1-5H3,(H,51,57)/t38-/m0/s1. The molecule has 330 valence electrons. The quantitative estimate of drug-likeness (QED) is 0.0946. The molecule has 2 aliphatic rings. The van der Waals surface area contributed by atoms with E-state index in [4.69, 9.17) is 23.9 Å². The number of ether oxygens (including phenoxy) is 4. The Hall–Kier alpha value is -4.34. The molecular weight excluding hydrogens is 869 g/mol. The lowest BCUT2D eigenvalue weighted by Gasteiger charge is -2.33. The minimum Gasteiger partial charge on any atom is -0.491 e. The number of alkyl carbamates (subject to hydrolysis) is 1. The number of halogens is 1. The van der Waals surface area contributed by atoms with Crippen LogP contribution in [0.4, 0.5) is 4.79 Å². The summed E-state index contributed by atoms with van der Waals surface area (Å²) < 4.78 is 28.6. The molecule has 6 aromatic rings. The van der Waals surface area contributed by atoms with Gasteiger partial charge in [-0.3, -0.25) is 9.20 Å². The Labute approximate surface area is 376 Å². The molecule has 2 fully saturated rings. The number of nitrogens with zero attached hydrogens (tertiary/aromatic N) is 5. The number of hydrogen-bond acceptors (Lipinski definition) is 10. The smallest absolute Gasteiger partial charge is 0.408 e. The highest BCUT2D eigenvalue weighted by atomic mass is 79.9. The zero-order valence-corrected chi connectivity index (χ0v) is 39.0. The van der Waals surface area contributed by atoms with Gasteiger partial charge in [0.2, 0.25) is 5.78 Å². The highest BCUT2D eigenvalue weighted by Crippen LogP contribution is 2.42. The molecule has 14 heteroatoms. The summed E-state index contributed by atoms with van der Waals surface area (Å²) in [6.45, 7) is 12.4. The van der Waals surface area contributed by atoms with Crippen LogP contribution in [0.3, 0.4) is 0 Å². The van der Waals surface area contributed by atoms with Gasteiger partial charge in [0, 0.05) is 23.7 Å². The van der Waals surface area contributed by atoms with Crippen LogP contribution >= 0.6 is 27.3 Å². The summed E-state index contributed by atoms with van der Waals surface area (Å²) in [6.07, 6.45) is 7.71. The Bertz CT molecular complexity index is 2550. The van der Waals surface area contributed by atoms with Crippen LogP contribution in [0.2, 0.25) is 0 Å². The van der Waals surface area contributed by atoms with Gasteiger partial charge in [-0.1, -0.05) is 43.2 Å². The number of hydrogen-bond donors (Lipinski definition) is 1. The minimum absolute atomic E-state index is 0.182. The van der Waals surface area contributed by atoms with Gasteiger partial charge in [0.05, 0.1) is 63.9 Å². The summed E-state index contributed by atoms with van der Waals surface area (Å²) in [5.41, 5.74) is 8.38. The topological polar surface area (TPSA) is 121 Å². The highest BCUT2D eigenvalue weighted by molar-refractivity contribution is 9.10. The van der Waals surface area contributed by atoms with Crippen molar-refractivity contribution in [3.8, 4) is 16.2 Å². The number of imidazole rings is 1. The molecule has 0 unspecified atom stereocenters. The predicted octanol–water partition coefficient (Wildman–Crippen LogP) is 10.4. The SMILES string of the molecule is COCCOCCOc1cc2c(cc1C1CCN(CCC[C@H](NC(=O)OC(C)(C)C)c3ccc(-c4scnc4C)cc3)CC1)n(C1CCCC1)c1nc(=O)c3c(Br)cccc3n21. The molecule has 1 saturated heterocycles. The normalized spacial score (nSPS) is 16.2. The van der Waals surface area contributed by atoms with Crippen LogP contribution in [-0.2, 0) is 14.2 Å². The summed E-state index contributed by atoms with van der Waals surface area (Å²) in [5.74, 6) is 1.83. The third-order valence-electron chi connectivity index (χ3n) is 12.3. The van der Waals surface area contributed by atoms with Crippen molar-refractivity contribution < 1.29 is 23.7 Å². The molecule has 8 rings (SSSR count). The lowest BCUT2D eigenvalue weighted by Crippen LogP contribution is -2.36. The van der Waals surface area contributed by atoms with Crippen LogP contribution in [0.15, 0.2) is 69.4 Å². The molecule has 12 nitrogen and oxygen atoms in total. The van der Waals surface area contributed by atoms with E-state index >= 15 is 0 Å². The maximum absolute atomic E-state index is 13.6. The van der Waals surface area contributed by atoms with E-state index in [0.717, 1.165) is 119 Å².